The molecule has 0 bridgehead atoms. The van der Waals surface area contributed by atoms with Crippen molar-refractivity contribution in [3.63, 3.8) is 0 Å². The van der Waals surface area contributed by atoms with Crippen molar-refractivity contribution in [2.24, 2.45) is 5.41 Å². The van der Waals surface area contributed by atoms with Crippen LogP contribution in [0.5, 0.6) is 0 Å². The van der Waals surface area contributed by atoms with Crippen molar-refractivity contribution in [2.45, 2.75) is 52.2 Å². The number of benzene rings is 3. The molecule has 3 rings (SSSR count). The highest BCUT2D eigenvalue weighted by molar-refractivity contribution is 5.27. The molecule has 0 radical (unpaired) electrons. The summed E-state index contributed by atoms with van der Waals surface area (Å²) in [6.07, 6.45) is 3.97. The third kappa shape index (κ3) is 6.98. The molecule has 0 saturated heterocycles. The van der Waals surface area contributed by atoms with Gasteiger partial charge in [-0.1, -0.05) is 109 Å². The third-order valence-electron chi connectivity index (χ3n) is 6.10. The summed E-state index contributed by atoms with van der Waals surface area (Å²) in [5.41, 5.74) is 3.43. The van der Waals surface area contributed by atoms with E-state index in [2.05, 4.69) is 135 Å². The summed E-state index contributed by atoms with van der Waals surface area (Å²) in [6.45, 7) is 12.5. The van der Waals surface area contributed by atoms with Crippen molar-refractivity contribution in [1.82, 2.24) is 4.90 Å². The second-order valence-corrected chi connectivity index (χ2v) is 9.24. The number of rotatable bonds is 9. The first kappa shape index (κ1) is 23.6. The van der Waals surface area contributed by atoms with Crippen LogP contribution in [0, 0.1) is 17.3 Å². The molecule has 3 aromatic carbocycles. The molecular weight excluding hydrogens is 386 g/mol. The highest BCUT2D eigenvalue weighted by Gasteiger charge is 2.26. The van der Waals surface area contributed by atoms with Gasteiger partial charge in [-0.15, -0.1) is 6.58 Å². The van der Waals surface area contributed by atoms with Gasteiger partial charge in [0, 0.05) is 18.5 Å². The lowest BCUT2D eigenvalue weighted by Crippen LogP contribution is -2.42. The molecule has 1 atom stereocenters. The van der Waals surface area contributed by atoms with Crippen LogP contribution in [0.3, 0.4) is 0 Å². The van der Waals surface area contributed by atoms with Gasteiger partial charge < -0.3 is 0 Å². The van der Waals surface area contributed by atoms with E-state index in [-0.39, 0.29) is 11.0 Å². The molecule has 1 heteroatoms. The van der Waals surface area contributed by atoms with E-state index in [1.807, 2.05) is 6.08 Å². The predicted molar refractivity (Wildman–Crippen MR) is 137 cm³/mol. The van der Waals surface area contributed by atoms with Gasteiger partial charge in [-0.25, -0.2) is 0 Å². The number of hydrogen-bond donors (Lipinski definition) is 0. The summed E-state index contributed by atoms with van der Waals surface area (Å²) in [5, 5.41) is 0. The van der Waals surface area contributed by atoms with Gasteiger partial charge in [-0.3, -0.25) is 4.90 Å². The Hall–Kier alpha value is -3.08. The van der Waals surface area contributed by atoms with Gasteiger partial charge >= 0.3 is 0 Å². The van der Waals surface area contributed by atoms with Crippen molar-refractivity contribution in [3.05, 3.63) is 120 Å². The Morgan fingerprint density at radius 3 is 1.56 bits per heavy atom. The van der Waals surface area contributed by atoms with Crippen LogP contribution < -0.4 is 0 Å². The third-order valence-corrected chi connectivity index (χ3v) is 6.10. The van der Waals surface area contributed by atoms with Crippen molar-refractivity contribution in [2.75, 3.05) is 0 Å². The summed E-state index contributed by atoms with van der Waals surface area (Å²) >= 11 is 0. The zero-order valence-electron chi connectivity index (χ0n) is 19.7. The minimum atomic E-state index is -0.289. The second-order valence-electron chi connectivity index (χ2n) is 9.24. The highest BCUT2D eigenvalue weighted by atomic mass is 15.2. The van der Waals surface area contributed by atoms with E-state index in [4.69, 9.17) is 0 Å². The van der Waals surface area contributed by atoms with Crippen molar-refractivity contribution >= 4 is 0 Å². The van der Waals surface area contributed by atoms with Gasteiger partial charge in [0.2, 0.25) is 0 Å². The minimum Gasteiger partial charge on any atom is -0.279 e. The van der Waals surface area contributed by atoms with Gasteiger partial charge in [0.15, 0.2) is 0 Å². The fourth-order valence-electron chi connectivity index (χ4n) is 3.70. The van der Waals surface area contributed by atoms with Crippen molar-refractivity contribution in [1.29, 1.82) is 0 Å². The molecule has 0 fully saturated rings. The molecule has 32 heavy (non-hydrogen) atoms. The molecule has 0 spiro atoms. The smallest absolute Gasteiger partial charge is 0.0774 e. The maximum Gasteiger partial charge on any atom is 0.0774 e. The predicted octanol–water partition coefficient (Wildman–Crippen LogP) is 7.30. The van der Waals surface area contributed by atoms with Crippen LogP contribution in [0.1, 0.15) is 43.9 Å². The molecule has 0 aliphatic rings. The Labute approximate surface area is 194 Å². The Kier molecular flexibility index (Phi) is 8.09. The Morgan fingerprint density at radius 2 is 1.12 bits per heavy atom. The molecule has 0 N–H and O–H groups in total. The van der Waals surface area contributed by atoms with Crippen LogP contribution in [0.15, 0.2) is 104 Å². The summed E-state index contributed by atoms with van der Waals surface area (Å²) in [6, 6.07) is 31.9. The van der Waals surface area contributed by atoms with E-state index < -0.39 is 0 Å². The average Bonchev–Trinajstić information content (AvgIpc) is 2.83. The molecular formula is C31H35N. The van der Waals surface area contributed by atoms with Crippen LogP contribution in [-0.4, -0.2) is 10.4 Å². The van der Waals surface area contributed by atoms with Gasteiger partial charge in [0.05, 0.1) is 5.54 Å². The quantitative estimate of drug-likeness (QED) is 0.259. The van der Waals surface area contributed by atoms with Crippen LogP contribution in [0.25, 0.3) is 0 Å². The fraction of sp³-hybridized carbons (Fsp3) is 0.290. The Balaban J connectivity index is 1.81. The zero-order chi connectivity index (χ0) is 22.9. The van der Waals surface area contributed by atoms with Crippen LogP contribution in [-0.2, 0) is 19.5 Å². The van der Waals surface area contributed by atoms with Crippen LogP contribution in [0.4, 0.5) is 0 Å². The topological polar surface area (TPSA) is 3.24 Å². The minimum absolute atomic E-state index is 0.224. The van der Waals surface area contributed by atoms with Gasteiger partial charge in [-0.05, 0) is 50.3 Å². The van der Waals surface area contributed by atoms with Gasteiger partial charge in [-0.2, -0.15) is 0 Å². The number of allylic oxidation sites excluding steroid dienone is 1. The van der Waals surface area contributed by atoms with Gasteiger partial charge in [0.1, 0.15) is 0 Å². The van der Waals surface area contributed by atoms with E-state index in [0.717, 1.165) is 25.9 Å². The molecule has 3 aromatic rings. The Morgan fingerprint density at radius 1 is 0.688 bits per heavy atom. The van der Waals surface area contributed by atoms with E-state index in [1.54, 1.807) is 0 Å². The van der Waals surface area contributed by atoms with Crippen molar-refractivity contribution in [3.8, 4) is 11.8 Å². The summed E-state index contributed by atoms with van der Waals surface area (Å²) in [7, 11) is 0. The zero-order valence-corrected chi connectivity index (χ0v) is 19.7. The first-order valence-electron chi connectivity index (χ1n) is 11.4. The molecule has 0 unspecified atom stereocenters. The average molecular weight is 422 g/mol. The largest absolute Gasteiger partial charge is 0.279 e. The normalized spacial score (nSPS) is 13.1. The summed E-state index contributed by atoms with van der Waals surface area (Å²) < 4.78 is 0. The van der Waals surface area contributed by atoms with Crippen molar-refractivity contribution < 1.29 is 0 Å². The number of nitrogens with zero attached hydrogens (tertiary/aromatic N) is 1. The SMILES string of the molecule is C=C[C@@](C)(C#CC(C)(C)N(Cc1ccccc1)Cc1ccccc1)CCc1ccccc1. The lowest BCUT2D eigenvalue weighted by molar-refractivity contribution is 0.151. The number of hydrogen-bond acceptors (Lipinski definition) is 1. The molecule has 0 aliphatic carbocycles. The van der Waals surface area contributed by atoms with Gasteiger partial charge in [0.25, 0.3) is 0 Å². The van der Waals surface area contributed by atoms with E-state index in [1.165, 1.54) is 16.7 Å². The first-order valence-corrected chi connectivity index (χ1v) is 11.4. The highest BCUT2D eigenvalue weighted by Crippen LogP contribution is 2.26. The first-order chi connectivity index (χ1) is 15.4. The van der Waals surface area contributed by atoms with E-state index in [9.17, 15) is 0 Å². The summed E-state index contributed by atoms with van der Waals surface area (Å²) in [4.78, 5) is 2.46. The van der Waals surface area contributed by atoms with Crippen LogP contribution in [0.2, 0.25) is 0 Å². The molecule has 1 nitrogen and oxygen atoms in total. The summed E-state index contributed by atoms with van der Waals surface area (Å²) in [5.74, 6) is 7.23. The fourth-order valence-corrected chi connectivity index (χ4v) is 3.70. The molecule has 0 saturated carbocycles. The molecule has 164 valence electrons. The van der Waals surface area contributed by atoms with E-state index in [0.29, 0.717) is 0 Å². The second kappa shape index (κ2) is 11.0. The molecule has 0 aromatic heterocycles. The standard InChI is InChI=1S/C31H35N/c1-5-31(4,22-21-27-15-9-6-10-16-27)24-23-30(2,3)32(25-28-17-11-7-12-18-28)26-29-19-13-8-14-20-29/h5-20H,1,21-22,25-26H2,2-4H3/t31-/m1/s1. The van der Waals surface area contributed by atoms with E-state index >= 15 is 0 Å². The Bertz CT molecular complexity index is 984. The molecule has 0 heterocycles. The lowest BCUT2D eigenvalue weighted by atomic mass is 9.84. The number of aryl methyl sites for hydroxylation is 1. The monoisotopic (exact) mass is 421 g/mol. The molecule has 0 aliphatic heterocycles. The molecule has 0 amide bonds. The maximum atomic E-state index is 4.11. The maximum absolute atomic E-state index is 4.11. The van der Waals surface area contributed by atoms with Crippen LogP contribution >= 0.6 is 0 Å². The lowest BCUT2D eigenvalue weighted by Gasteiger charge is -2.35.